The second-order valence-electron chi connectivity index (χ2n) is 4.73. The molecule has 0 fully saturated rings. The standard InChI is InChI=1S/C13H23N5O2/c1-9(2)7-16-10(19)5-6-15-13-11(20-4)12(14-3)17-8-18-13/h8-9H,5-7H2,1-4H3,(H,16,19)(H2,14,15,17,18). The number of rotatable bonds is 8. The van der Waals surface area contributed by atoms with Gasteiger partial charge in [-0.05, 0) is 5.92 Å². The Hall–Kier alpha value is -2.05. The Kier molecular flexibility index (Phi) is 6.55. The van der Waals surface area contributed by atoms with Gasteiger partial charge in [0.25, 0.3) is 0 Å². The summed E-state index contributed by atoms with van der Waals surface area (Å²) in [6.07, 6.45) is 1.82. The van der Waals surface area contributed by atoms with Crippen LogP contribution in [0.15, 0.2) is 6.33 Å². The normalized spacial score (nSPS) is 10.2. The number of nitrogens with one attached hydrogen (secondary N) is 3. The highest BCUT2D eigenvalue weighted by atomic mass is 16.5. The molecule has 0 unspecified atom stereocenters. The minimum absolute atomic E-state index is 0.0214. The molecule has 0 atom stereocenters. The summed E-state index contributed by atoms with van der Waals surface area (Å²) in [7, 11) is 3.31. The van der Waals surface area contributed by atoms with Crippen LogP contribution in [0.4, 0.5) is 11.6 Å². The molecule has 3 N–H and O–H groups in total. The van der Waals surface area contributed by atoms with Crippen molar-refractivity contribution in [2.75, 3.05) is 37.9 Å². The number of anilines is 2. The van der Waals surface area contributed by atoms with Crippen LogP contribution in [0.25, 0.3) is 0 Å². The molecule has 7 nitrogen and oxygen atoms in total. The van der Waals surface area contributed by atoms with Crippen LogP contribution in [-0.4, -0.2) is 43.1 Å². The molecule has 0 spiro atoms. The van der Waals surface area contributed by atoms with Crippen molar-refractivity contribution in [1.82, 2.24) is 15.3 Å². The minimum Gasteiger partial charge on any atom is -0.490 e. The molecule has 1 amide bonds. The summed E-state index contributed by atoms with van der Waals surface area (Å²) < 4.78 is 5.25. The van der Waals surface area contributed by atoms with Gasteiger partial charge < -0.3 is 20.7 Å². The van der Waals surface area contributed by atoms with Crippen molar-refractivity contribution < 1.29 is 9.53 Å². The number of amides is 1. The first-order valence-electron chi connectivity index (χ1n) is 6.65. The second kappa shape index (κ2) is 8.19. The monoisotopic (exact) mass is 281 g/mol. The molecule has 1 heterocycles. The van der Waals surface area contributed by atoms with Crippen molar-refractivity contribution in [3.8, 4) is 5.75 Å². The van der Waals surface area contributed by atoms with Crippen molar-refractivity contribution in [2.45, 2.75) is 20.3 Å². The lowest BCUT2D eigenvalue weighted by molar-refractivity contribution is -0.120. The highest BCUT2D eigenvalue weighted by molar-refractivity contribution is 5.76. The van der Waals surface area contributed by atoms with Gasteiger partial charge in [0, 0.05) is 26.6 Å². The molecule has 0 saturated carbocycles. The van der Waals surface area contributed by atoms with E-state index >= 15 is 0 Å². The first kappa shape index (κ1) is 16.0. The van der Waals surface area contributed by atoms with Gasteiger partial charge in [-0.1, -0.05) is 13.8 Å². The molecule has 112 valence electrons. The molecule has 1 rings (SSSR count). The lowest BCUT2D eigenvalue weighted by atomic mass is 10.2. The fourth-order valence-corrected chi connectivity index (χ4v) is 1.57. The zero-order chi connectivity index (χ0) is 15.0. The number of nitrogens with zero attached hydrogens (tertiary/aromatic N) is 2. The molecule has 0 aliphatic carbocycles. The molecular formula is C13H23N5O2. The number of carbonyl (C=O) groups excluding carboxylic acids is 1. The van der Waals surface area contributed by atoms with E-state index in [0.29, 0.717) is 42.8 Å². The van der Waals surface area contributed by atoms with Crippen molar-refractivity contribution in [3.05, 3.63) is 6.33 Å². The lowest BCUT2D eigenvalue weighted by Gasteiger charge is -2.12. The summed E-state index contributed by atoms with van der Waals surface area (Å²) in [4.78, 5) is 19.8. The maximum Gasteiger partial charge on any atom is 0.221 e. The van der Waals surface area contributed by atoms with E-state index in [0.717, 1.165) is 0 Å². The van der Waals surface area contributed by atoms with E-state index in [1.807, 2.05) is 0 Å². The van der Waals surface area contributed by atoms with Gasteiger partial charge in [-0.15, -0.1) is 0 Å². The minimum atomic E-state index is 0.0214. The summed E-state index contributed by atoms with van der Waals surface area (Å²) in [5, 5.41) is 8.87. The number of aromatic nitrogens is 2. The molecule has 0 radical (unpaired) electrons. The molecule has 0 aliphatic heterocycles. The third-order valence-corrected chi connectivity index (χ3v) is 2.60. The molecule has 0 aromatic carbocycles. The van der Waals surface area contributed by atoms with Crippen LogP contribution in [0.5, 0.6) is 5.75 Å². The molecule has 20 heavy (non-hydrogen) atoms. The smallest absolute Gasteiger partial charge is 0.221 e. The Morgan fingerprint density at radius 2 is 2.05 bits per heavy atom. The maximum absolute atomic E-state index is 11.6. The Morgan fingerprint density at radius 1 is 1.35 bits per heavy atom. The highest BCUT2D eigenvalue weighted by Gasteiger charge is 2.11. The lowest BCUT2D eigenvalue weighted by Crippen LogP contribution is -2.28. The molecule has 0 bridgehead atoms. The van der Waals surface area contributed by atoms with Gasteiger partial charge in [0.15, 0.2) is 11.6 Å². The Labute approximate surface area is 119 Å². The predicted molar refractivity (Wildman–Crippen MR) is 79.1 cm³/mol. The SMILES string of the molecule is CNc1ncnc(NCCC(=O)NCC(C)C)c1OC. The largest absolute Gasteiger partial charge is 0.490 e. The van der Waals surface area contributed by atoms with Crippen molar-refractivity contribution in [1.29, 1.82) is 0 Å². The van der Waals surface area contributed by atoms with Gasteiger partial charge in [-0.2, -0.15) is 0 Å². The Bertz CT molecular complexity index is 437. The topological polar surface area (TPSA) is 88.2 Å². The summed E-state index contributed by atoms with van der Waals surface area (Å²) >= 11 is 0. The van der Waals surface area contributed by atoms with E-state index in [-0.39, 0.29) is 5.91 Å². The van der Waals surface area contributed by atoms with Crippen LogP contribution in [0.2, 0.25) is 0 Å². The van der Waals surface area contributed by atoms with E-state index in [4.69, 9.17) is 4.74 Å². The number of carbonyl (C=O) groups is 1. The van der Waals surface area contributed by atoms with E-state index in [2.05, 4.69) is 39.8 Å². The van der Waals surface area contributed by atoms with Crippen LogP contribution in [-0.2, 0) is 4.79 Å². The molecule has 7 heteroatoms. The van der Waals surface area contributed by atoms with Gasteiger partial charge in [-0.25, -0.2) is 9.97 Å². The van der Waals surface area contributed by atoms with Gasteiger partial charge in [-0.3, -0.25) is 4.79 Å². The third kappa shape index (κ3) is 4.91. The maximum atomic E-state index is 11.6. The first-order chi connectivity index (χ1) is 9.58. The zero-order valence-electron chi connectivity index (χ0n) is 12.5. The van der Waals surface area contributed by atoms with Crippen molar-refractivity contribution in [2.24, 2.45) is 5.92 Å². The summed E-state index contributed by atoms with van der Waals surface area (Å²) in [6, 6.07) is 0. The van der Waals surface area contributed by atoms with E-state index in [1.54, 1.807) is 14.2 Å². The third-order valence-electron chi connectivity index (χ3n) is 2.60. The average molecular weight is 281 g/mol. The van der Waals surface area contributed by atoms with E-state index in [1.165, 1.54) is 6.33 Å². The number of methoxy groups -OCH3 is 1. The van der Waals surface area contributed by atoms with Crippen molar-refractivity contribution in [3.63, 3.8) is 0 Å². The number of hydrogen-bond donors (Lipinski definition) is 3. The number of hydrogen-bond acceptors (Lipinski definition) is 6. The fourth-order valence-electron chi connectivity index (χ4n) is 1.57. The Balaban J connectivity index is 2.48. The van der Waals surface area contributed by atoms with E-state index < -0.39 is 0 Å². The first-order valence-corrected chi connectivity index (χ1v) is 6.65. The van der Waals surface area contributed by atoms with Crippen molar-refractivity contribution >= 4 is 17.5 Å². The molecule has 0 aliphatic rings. The summed E-state index contributed by atoms with van der Waals surface area (Å²) in [5.74, 6) is 2.19. The average Bonchev–Trinajstić information content (AvgIpc) is 2.44. The zero-order valence-corrected chi connectivity index (χ0v) is 12.5. The molecule has 1 aromatic heterocycles. The number of ether oxygens (including phenoxy) is 1. The van der Waals surface area contributed by atoms with Crippen LogP contribution in [0.3, 0.4) is 0 Å². The molecule has 1 aromatic rings. The predicted octanol–water partition coefficient (Wildman–Crippen LogP) is 1.10. The van der Waals surface area contributed by atoms with Gasteiger partial charge >= 0.3 is 0 Å². The van der Waals surface area contributed by atoms with Gasteiger partial charge in [0.05, 0.1) is 7.11 Å². The summed E-state index contributed by atoms with van der Waals surface area (Å²) in [5.41, 5.74) is 0. The Morgan fingerprint density at radius 3 is 2.65 bits per heavy atom. The van der Waals surface area contributed by atoms with Crippen LogP contribution < -0.4 is 20.7 Å². The summed E-state index contributed by atoms with van der Waals surface area (Å²) in [6.45, 7) is 5.30. The quantitative estimate of drug-likeness (QED) is 0.661. The van der Waals surface area contributed by atoms with Crippen LogP contribution in [0, 0.1) is 5.92 Å². The van der Waals surface area contributed by atoms with Gasteiger partial charge in [0.1, 0.15) is 6.33 Å². The van der Waals surface area contributed by atoms with E-state index in [9.17, 15) is 4.79 Å². The second-order valence-corrected chi connectivity index (χ2v) is 4.73. The van der Waals surface area contributed by atoms with Crippen LogP contribution >= 0.6 is 0 Å². The fraction of sp³-hybridized carbons (Fsp3) is 0.615. The molecular weight excluding hydrogens is 258 g/mol. The molecule has 0 saturated heterocycles. The van der Waals surface area contributed by atoms with Gasteiger partial charge in [0.2, 0.25) is 11.7 Å². The van der Waals surface area contributed by atoms with Crippen LogP contribution in [0.1, 0.15) is 20.3 Å². The highest BCUT2D eigenvalue weighted by Crippen LogP contribution is 2.28.